The number of nitrogens with one attached hydrogen (secondary N) is 2. The molecular formula is C19H22N4O4. The van der Waals surface area contributed by atoms with Crippen molar-refractivity contribution in [2.24, 2.45) is 0 Å². The number of rotatable bonds is 6. The van der Waals surface area contributed by atoms with Gasteiger partial charge in [-0.2, -0.15) is 0 Å². The van der Waals surface area contributed by atoms with Crippen molar-refractivity contribution in [3.05, 3.63) is 69.8 Å². The summed E-state index contributed by atoms with van der Waals surface area (Å²) in [6, 6.07) is 13.5. The fourth-order valence-electron chi connectivity index (χ4n) is 2.83. The molecule has 8 nitrogen and oxygen atoms in total. The van der Waals surface area contributed by atoms with Crippen LogP contribution in [0.1, 0.15) is 11.1 Å². The molecule has 8 heteroatoms. The Hall–Kier alpha value is -2.97. The molecule has 1 aliphatic rings. The summed E-state index contributed by atoms with van der Waals surface area (Å²) < 4.78 is 5.35. The SMILES string of the molecule is O=C(NCc1ccc(CN2CCOCC2)cc1)Nc1cccc([N+](=O)[O-])c1. The van der Waals surface area contributed by atoms with Crippen molar-refractivity contribution in [1.82, 2.24) is 10.2 Å². The van der Waals surface area contributed by atoms with Gasteiger partial charge in [-0.15, -0.1) is 0 Å². The largest absolute Gasteiger partial charge is 0.379 e. The fourth-order valence-corrected chi connectivity index (χ4v) is 2.83. The Kier molecular flexibility index (Phi) is 6.35. The molecule has 2 aromatic carbocycles. The number of nitro groups is 1. The number of non-ortho nitro benzene ring substituents is 1. The number of hydrogen-bond acceptors (Lipinski definition) is 5. The predicted octanol–water partition coefficient (Wildman–Crippen LogP) is 2.75. The number of nitro benzene ring substituents is 1. The predicted molar refractivity (Wildman–Crippen MR) is 101 cm³/mol. The van der Waals surface area contributed by atoms with E-state index in [4.69, 9.17) is 4.74 Å². The van der Waals surface area contributed by atoms with Crippen LogP contribution in [0.15, 0.2) is 48.5 Å². The lowest BCUT2D eigenvalue weighted by Crippen LogP contribution is -2.35. The van der Waals surface area contributed by atoms with E-state index in [1.807, 2.05) is 12.1 Å². The van der Waals surface area contributed by atoms with Crippen LogP contribution in [-0.4, -0.2) is 42.2 Å². The quantitative estimate of drug-likeness (QED) is 0.602. The molecule has 0 spiro atoms. The average molecular weight is 370 g/mol. The van der Waals surface area contributed by atoms with E-state index in [2.05, 4.69) is 27.7 Å². The zero-order chi connectivity index (χ0) is 19.1. The molecule has 2 amide bonds. The Labute approximate surface area is 157 Å². The second kappa shape index (κ2) is 9.11. The number of hydrogen-bond donors (Lipinski definition) is 2. The first-order valence-corrected chi connectivity index (χ1v) is 8.77. The minimum Gasteiger partial charge on any atom is -0.379 e. The second-order valence-corrected chi connectivity index (χ2v) is 6.32. The summed E-state index contributed by atoms with van der Waals surface area (Å²) in [5.41, 5.74) is 2.52. The molecule has 0 atom stereocenters. The standard InChI is InChI=1S/C19H22N4O4/c24-19(21-17-2-1-3-18(12-17)23(25)26)20-13-15-4-6-16(7-5-15)14-22-8-10-27-11-9-22/h1-7,12H,8-11,13-14H2,(H2,20,21,24). The molecule has 1 aliphatic heterocycles. The number of anilines is 1. The molecule has 0 aromatic heterocycles. The third kappa shape index (κ3) is 5.77. The number of ether oxygens (including phenoxy) is 1. The van der Waals surface area contributed by atoms with Crippen molar-refractivity contribution in [3.8, 4) is 0 Å². The highest BCUT2D eigenvalue weighted by Crippen LogP contribution is 2.17. The lowest BCUT2D eigenvalue weighted by Gasteiger charge is -2.26. The minimum absolute atomic E-state index is 0.0661. The molecule has 142 valence electrons. The summed E-state index contributed by atoms with van der Waals surface area (Å²) in [6.07, 6.45) is 0. The molecule has 1 saturated heterocycles. The molecule has 0 unspecified atom stereocenters. The van der Waals surface area contributed by atoms with Crippen LogP contribution < -0.4 is 10.6 Å². The van der Waals surface area contributed by atoms with E-state index in [0.29, 0.717) is 12.2 Å². The van der Waals surface area contributed by atoms with Gasteiger partial charge in [-0.3, -0.25) is 15.0 Å². The Morgan fingerprint density at radius 1 is 1.11 bits per heavy atom. The van der Waals surface area contributed by atoms with E-state index in [1.165, 1.54) is 23.8 Å². The third-order valence-corrected chi connectivity index (χ3v) is 4.30. The fraction of sp³-hybridized carbons (Fsp3) is 0.316. The highest BCUT2D eigenvalue weighted by atomic mass is 16.6. The van der Waals surface area contributed by atoms with Gasteiger partial charge in [0.25, 0.3) is 5.69 Å². The monoisotopic (exact) mass is 370 g/mol. The van der Waals surface area contributed by atoms with Gasteiger partial charge in [0.05, 0.1) is 18.1 Å². The van der Waals surface area contributed by atoms with E-state index in [1.54, 1.807) is 6.07 Å². The molecule has 0 saturated carbocycles. The topological polar surface area (TPSA) is 96.7 Å². The smallest absolute Gasteiger partial charge is 0.319 e. The van der Waals surface area contributed by atoms with Crippen molar-refractivity contribution < 1.29 is 14.5 Å². The number of nitrogens with zero attached hydrogens (tertiary/aromatic N) is 2. The van der Waals surface area contributed by atoms with Gasteiger partial charge in [0.1, 0.15) is 0 Å². The minimum atomic E-state index is -0.498. The van der Waals surface area contributed by atoms with E-state index in [9.17, 15) is 14.9 Å². The number of amides is 2. The maximum atomic E-state index is 12.0. The van der Waals surface area contributed by atoms with Crippen LogP contribution in [0, 0.1) is 10.1 Å². The number of urea groups is 1. The van der Waals surface area contributed by atoms with Crippen LogP contribution in [0.5, 0.6) is 0 Å². The maximum absolute atomic E-state index is 12.0. The third-order valence-electron chi connectivity index (χ3n) is 4.30. The van der Waals surface area contributed by atoms with Crippen molar-refractivity contribution in [1.29, 1.82) is 0 Å². The van der Waals surface area contributed by atoms with Crippen LogP contribution in [0.25, 0.3) is 0 Å². The lowest BCUT2D eigenvalue weighted by atomic mass is 10.1. The lowest BCUT2D eigenvalue weighted by molar-refractivity contribution is -0.384. The summed E-state index contributed by atoms with van der Waals surface area (Å²) in [4.78, 5) is 24.6. The average Bonchev–Trinajstić information content (AvgIpc) is 2.68. The molecule has 3 rings (SSSR count). The van der Waals surface area contributed by atoms with Gasteiger partial charge in [0.2, 0.25) is 0 Å². The van der Waals surface area contributed by atoms with Crippen LogP contribution in [0.4, 0.5) is 16.2 Å². The summed E-state index contributed by atoms with van der Waals surface area (Å²) in [6.45, 7) is 4.72. The summed E-state index contributed by atoms with van der Waals surface area (Å²) in [5.74, 6) is 0. The van der Waals surface area contributed by atoms with Gasteiger partial charge < -0.3 is 15.4 Å². The first-order valence-electron chi connectivity index (χ1n) is 8.77. The Morgan fingerprint density at radius 2 is 1.81 bits per heavy atom. The molecule has 27 heavy (non-hydrogen) atoms. The first-order chi connectivity index (χ1) is 13.1. The van der Waals surface area contributed by atoms with Gasteiger partial charge in [-0.25, -0.2) is 4.79 Å². The van der Waals surface area contributed by atoms with Crippen LogP contribution in [0.3, 0.4) is 0 Å². The number of carbonyl (C=O) groups excluding carboxylic acids is 1. The van der Waals surface area contributed by atoms with Gasteiger partial charge in [0, 0.05) is 44.0 Å². The molecule has 1 fully saturated rings. The van der Waals surface area contributed by atoms with Crippen LogP contribution in [0.2, 0.25) is 0 Å². The molecule has 2 aromatic rings. The normalized spacial score (nSPS) is 14.5. The van der Waals surface area contributed by atoms with Crippen molar-refractivity contribution in [3.63, 3.8) is 0 Å². The van der Waals surface area contributed by atoms with Gasteiger partial charge in [0.15, 0.2) is 0 Å². The maximum Gasteiger partial charge on any atom is 0.319 e. The zero-order valence-corrected chi connectivity index (χ0v) is 14.9. The highest BCUT2D eigenvalue weighted by molar-refractivity contribution is 5.89. The van der Waals surface area contributed by atoms with Crippen molar-refractivity contribution in [2.75, 3.05) is 31.6 Å². The molecular weight excluding hydrogens is 348 g/mol. The zero-order valence-electron chi connectivity index (χ0n) is 14.9. The Morgan fingerprint density at radius 3 is 2.52 bits per heavy atom. The van der Waals surface area contributed by atoms with Crippen LogP contribution >= 0.6 is 0 Å². The van der Waals surface area contributed by atoms with E-state index in [0.717, 1.165) is 38.4 Å². The summed E-state index contributed by atoms with van der Waals surface area (Å²) in [5, 5.41) is 16.1. The second-order valence-electron chi connectivity index (χ2n) is 6.32. The highest BCUT2D eigenvalue weighted by Gasteiger charge is 2.11. The first kappa shape index (κ1) is 18.8. The van der Waals surface area contributed by atoms with Gasteiger partial charge in [-0.1, -0.05) is 30.3 Å². The Bertz CT molecular complexity index is 789. The summed E-state index contributed by atoms with van der Waals surface area (Å²) >= 11 is 0. The van der Waals surface area contributed by atoms with Crippen molar-refractivity contribution in [2.45, 2.75) is 13.1 Å². The van der Waals surface area contributed by atoms with E-state index in [-0.39, 0.29) is 5.69 Å². The van der Waals surface area contributed by atoms with E-state index >= 15 is 0 Å². The van der Waals surface area contributed by atoms with Gasteiger partial charge in [-0.05, 0) is 17.2 Å². The number of benzene rings is 2. The Balaban J connectivity index is 1.47. The molecule has 2 N–H and O–H groups in total. The molecule has 0 aliphatic carbocycles. The van der Waals surface area contributed by atoms with Crippen molar-refractivity contribution >= 4 is 17.4 Å². The van der Waals surface area contributed by atoms with Crippen LogP contribution in [-0.2, 0) is 17.8 Å². The number of morpholine rings is 1. The number of carbonyl (C=O) groups is 1. The molecule has 0 radical (unpaired) electrons. The van der Waals surface area contributed by atoms with E-state index < -0.39 is 11.0 Å². The van der Waals surface area contributed by atoms with Gasteiger partial charge >= 0.3 is 6.03 Å². The molecule has 1 heterocycles. The summed E-state index contributed by atoms with van der Waals surface area (Å²) in [7, 11) is 0. The molecule has 0 bridgehead atoms.